The van der Waals surface area contributed by atoms with Gasteiger partial charge in [-0.15, -0.1) is 0 Å². The largest absolute Gasteiger partial charge is 0.497 e. The van der Waals surface area contributed by atoms with Gasteiger partial charge < -0.3 is 9.72 Å². The van der Waals surface area contributed by atoms with Gasteiger partial charge in [-0.3, -0.25) is 4.79 Å². The fourth-order valence-electron chi connectivity index (χ4n) is 2.18. The van der Waals surface area contributed by atoms with E-state index in [4.69, 9.17) is 4.74 Å². The molecule has 0 bridgehead atoms. The molecule has 0 unspecified atom stereocenters. The van der Waals surface area contributed by atoms with Crippen LogP contribution in [-0.2, 0) is 0 Å². The van der Waals surface area contributed by atoms with Crippen molar-refractivity contribution in [2.24, 2.45) is 0 Å². The summed E-state index contributed by atoms with van der Waals surface area (Å²) in [6.07, 6.45) is 1.76. The van der Waals surface area contributed by atoms with Crippen molar-refractivity contribution >= 4 is 16.7 Å². The van der Waals surface area contributed by atoms with E-state index in [9.17, 15) is 4.79 Å². The molecule has 0 aliphatic carbocycles. The van der Waals surface area contributed by atoms with Crippen molar-refractivity contribution in [3.8, 4) is 5.75 Å². The molecule has 94 valence electrons. The monoisotopic (exact) mass is 251 g/mol. The van der Waals surface area contributed by atoms with Crippen LogP contribution >= 0.6 is 0 Å². The standard InChI is InChI=1S/C16H13NO2/c1-19-12-6-4-5-11(9-12)16(18)14-10-17-15-8-3-2-7-13(14)15/h2-10,17H,1H3. The number of methoxy groups -OCH3 is 1. The van der Waals surface area contributed by atoms with Crippen LogP contribution in [0.25, 0.3) is 10.9 Å². The van der Waals surface area contributed by atoms with Crippen molar-refractivity contribution in [2.75, 3.05) is 7.11 Å². The molecule has 0 saturated carbocycles. The van der Waals surface area contributed by atoms with Crippen LogP contribution in [-0.4, -0.2) is 17.9 Å². The molecule has 3 rings (SSSR count). The first kappa shape index (κ1) is 11.5. The second-order valence-corrected chi connectivity index (χ2v) is 4.31. The third-order valence-corrected chi connectivity index (χ3v) is 3.17. The van der Waals surface area contributed by atoms with E-state index in [-0.39, 0.29) is 5.78 Å². The molecule has 0 radical (unpaired) electrons. The molecule has 0 fully saturated rings. The smallest absolute Gasteiger partial charge is 0.195 e. The number of benzene rings is 2. The second kappa shape index (κ2) is 4.61. The maximum Gasteiger partial charge on any atom is 0.195 e. The number of aromatic nitrogens is 1. The summed E-state index contributed by atoms with van der Waals surface area (Å²) in [5.74, 6) is 0.682. The molecule has 0 atom stereocenters. The molecule has 3 nitrogen and oxygen atoms in total. The van der Waals surface area contributed by atoms with Gasteiger partial charge in [0.05, 0.1) is 7.11 Å². The summed E-state index contributed by atoms with van der Waals surface area (Å²) in [7, 11) is 1.59. The zero-order valence-electron chi connectivity index (χ0n) is 10.5. The number of rotatable bonds is 3. The highest BCUT2D eigenvalue weighted by molar-refractivity contribution is 6.16. The third-order valence-electron chi connectivity index (χ3n) is 3.17. The predicted molar refractivity (Wildman–Crippen MR) is 74.7 cm³/mol. The number of carbonyl (C=O) groups excluding carboxylic acids is 1. The molecule has 0 spiro atoms. The average molecular weight is 251 g/mol. The molecule has 1 N–H and O–H groups in total. The Morgan fingerprint density at radius 2 is 1.95 bits per heavy atom. The molecule has 2 aromatic carbocycles. The van der Waals surface area contributed by atoms with Gasteiger partial charge in [-0.1, -0.05) is 30.3 Å². The topological polar surface area (TPSA) is 42.1 Å². The quantitative estimate of drug-likeness (QED) is 0.725. The number of carbonyl (C=O) groups is 1. The van der Waals surface area contributed by atoms with Gasteiger partial charge in [0.2, 0.25) is 0 Å². The first-order valence-electron chi connectivity index (χ1n) is 6.04. The number of ether oxygens (including phenoxy) is 1. The lowest BCUT2D eigenvalue weighted by Gasteiger charge is -2.03. The Kier molecular flexibility index (Phi) is 2.80. The Morgan fingerprint density at radius 3 is 2.79 bits per heavy atom. The average Bonchev–Trinajstić information content (AvgIpc) is 2.90. The molecule has 1 aromatic heterocycles. The van der Waals surface area contributed by atoms with Gasteiger partial charge in [-0.2, -0.15) is 0 Å². The van der Waals surface area contributed by atoms with Gasteiger partial charge in [0, 0.05) is 28.2 Å². The van der Waals surface area contributed by atoms with Crippen LogP contribution in [0.3, 0.4) is 0 Å². The van der Waals surface area contributed by atoms with Gasteiger partial charge in [0.25, 0.3) is 0 Å². The van der Waals surface area contributed by atoms with Crippen LogP contribution in [0.1, 0.15) is 15.9 Å². The SMILES string of the molecule is COc1cccc(C(=O)c2c[nH]c3ccccc23)c1. The van der Waals surface area contributed by atoms with E-state index >= 15 is 0 Å². The summed E-state index contributed by atoms with van der Waals surface area (Å²) < 4.78 is 5.15. The number of ketones is 1. The minimum atomic E-state index is -0.00338. The molecule has 0 aliphatic rings. The Labute approximate surface area is 110 Å². The van der Waals surface area contributed by atoms with Crippen molar-refractivity contribution in [2.45, 2.75) is 0 Å². The zero-order chi connectivity index (χ0) is 13.2. The molecule has 0 saturated heterocycles. The Morgan fingerprint density at radius 1 is 1.11 bits per heavy atom. The minimum absolute atomic E-state index is 0.00338. The van der Waals surface area contributed by atoms with Crippen LogP contribution in [0.5, 0.6) is 5.75 Å². The maximum absolute atomic E-state index is 12.5. The van der Waals surface area contributed by atoms with Crippen molar-refractivity contribution in [3.63, 3.8) is 0 Å². The Bertz CT molecular complexity index is 743. The van der Waals surface area contributed by atoms with E-state index in [0.29, 0.717) is 16.9 Å². The lowest BCUT2D eigenvalue weighted by Crippen LogP contribution is -2.00. The lowest BCUT2D eigenvalue weighted by atomic mass is 10.0. The van der Waals surface area contributed by atoms with Crippen LogP contribution in [0.2, 0.25) is 0 Å². The first-order chi connectivity index (χ1) is 9.29. The van der Waals surface area contributed by atoms with Crippen LogP contribution in [0, 0.1) is 0 Å². The normalized spacial score (nSPS) is 10.6. The van der Waals surface area contributed by atoms with Crippen LogP contribution in [0.4, 0.5) is 0 Å². The van der Waals surface area contributed by atoms with E-state index in [1.165, 1.54) is 0 Å². The fraction of sp³-hybridized carbons (Fsp3) is 0.0625. The van der Waals surface area contributed by atoms with Gasteiger partial charge in [0.1, 0.15) is 5.75 Å². The predicted octanol–water partition coefficient (Wildman–Crippen LogP) is 3.41. The van der Waals surface area contributed by atoms with E-state index < -0.39 is 0 Å². The highest BCUT2D eigenvalue weighted by Gasteiger charge is 2.14. The van der Waals surface area contributed by atoms with Gasteiger partial charge >= 0.3 is 0 Å². The van der Waals surface area contributed by atoms with E-state index in [1.807, 2.05) is 36.4 Å². The van der Waals surface area contributed by atoms with E-state index in [2.05, 4.69) is 4.98 Å². The molecular weight excluding hydrogens is 238 g/mol. The van der Waals surface area contributed by atoms with Crippen LogP contribution < -0.4 is 4.74 Å². The number of fused-ring (bicyclic) bond motifs is 1. The van der Waals surface area contributed by atoms with Gasteiger partial charge in [-0.25, -0.2) is 0 Å². The third kappa shape index (κ3) is 1.99. The first-order valence-corrected chi connectivity index (χ1v) is 6.04. The molecule has 19 heavy (non-hydrogen) atoms. The number of hydrogen-bond donors (Lipinski definition) is 1. The second-order valence-electron chi connectivity index (χ2n) is 4.31. The van der Waals surface area contributed by atoms with Gasteiger partial charge in [0.15, 0.2) is 5.78 Å². The summed E-state index contributed by atoms with van der Waals surface area (Å²) in [6.45, 7) is 0. The van der Waals surface area contributed by atoms with Crippen molar-refractivity contribution in [3.05, 3.63) is 65.9 Å². The Balaban J connectivity index is 2.08. The summed E-state index contributed by atoms with van der Waals surface area (Å²) in [5.41, 5.74) is 2.28. The number of para-hydroxylation sites is 1. The van der Waals surface area contributed by atoms with E-state index in [1.54, 1.807) is 25.4 Å². The van der Waals surface area contributed by atoms with E-state index in [0.717, 1.165) is 10.9 Å². The number of nitrogens with one attached hydrogen (secondary N) is 1. The summed E-state index contributed by atoms with van der Waals surface area (Å²) in [6, 6.07) is 15.0. The molecule has 3 aromatic rings. The molecule has 0 amide bonds. The summed E-state index contributed by atoms with van der Waals surface area (Å²) in [5, 5.41) is 0.940. The summed E-state index contributed by atoms with van der Waals surface area (Å²) >= 11 is 0. The number of aromatic amines is 1. The number of hydrogen-bond acceptors (Lipinski definition) is 2. The fourth-order valence-corrected chi connectivity index (χ4v) is 2.18. The molecule has 1 heterocycles. The van der Waals surface area contributed by atoms with Crippen molar-refractivity contribution < 1.29 is 9.53 Å². The van der Waals surface area contributed by atoms with Crippen molar-refractivity contribution in [1.29, 1.82) is 0 Å². The number of H-pyrrole nitrogens is 1. The van der Waals surface area contributed by atoms with Crippen LogP contribution in [0.15, 0.2) is 54.7 Å². The molecular formula is C16H13NO2. The highest BCUT2D eigenvalue weighted by Crippen LogP contribution is 2.22. The summed E-state index contributed by atoms with van der Waals surface area (Å²) in [4.78, 5) is 15.6. The minimum Gasteiger partial charge on any atom is -0.497 e. The Hall–Kier alpha value is -2.55. The maximum atomic E-state index is 12.5. The zero-order valence-corrected chi connectivity index (χ0v) is 10.5. The van der Waals surface area contributed by atoms with Crippen molar-refractivity contribution in [1.82, 2.24) is 4.98 Å². The van der Waals surface area contributed by atoms with Gasteiger partial charge in [-0.05, 0) is 18.2 Å². The molecule has 3 heteroatoms. The highest BCUT2D eigenvalue weighted by atomic mass is 16.5. The lowest BCUT2D eigenvalue weighted by molar-refractivity contribution is 0.104. The molecule has 0 aliphatic heterocycles.